The van der Waals surface area contributed by atoms with Crippen molar-refractivity contribution in [1.29, 1.82) is 0 Å². The van der Waals surface area contributed by atoms with Crippen molar-refractivity contribution in [3.05, 3.63) is 58.5 Å². The molecule has 4 aromatic rings. The Kier molecular flexibility index (Phi) is 3.70. The Morgan fingerprint density at radius 2 is 1.86 bits per heavy atom. The van der Waals surface area contributed by atoms with Crippen LogP contribution < -0.4 is 0 Å². The molecule has 4 heterocycles. The summed E-state index contributed by atoms with van der Waals surface area (Å²) in [6.45, 7) is 0. The number of H-pyrrole nitrogens is 1. The van der Waals surface area contributed by atoms with Crippen LogP contribution in [0.15, 0.2) is 36.4 Å². The van der Waals surface area contributed by atoms with Crippen LogP contribution in [-0.2, 0) is 12.6 Å². The zero-order valence-corrected chi connectivity index (χ0v) is 15.0. The third kappa shape index (κ3) is 2.65. The maximum Gasteiger partial charge on any atom is 0.416 e. The molecule has 0 bridgehead atoms. The predicted molar refractivity (Wildman–Crippen MR) is 95.8 cm³/mol. The Hall–Kier alpha value is -2.94. The van der Waals surface area contributed by atoms with Crippen molar-refractivity contribution >= 4 is 22.6 Å². The number of nitrogens with one attached hydrogen (secondary N) is 1. The van der Waals surface area contributed by atoms with Gasteiger partial charge < -0.3 is 4.57 Å². The van der Waals surface area contributed by atoms with Crippen LogP contribution in [-0.4, -0.2) is 29.9 Å². The van der Waals surface area contributed by atoms with Gasteiger partial charge in [0.05, 0.1) is 11.6 Å². The lowest BCUT2D eigenvalue weighted by Crippen LogP contribution is -2.10. The number of aromatic nitrogens is 6. The molecule has 0 amide bonds. The fourth-order valence-electron chi connectivity index (χ4n) is 3.59. The van der Waals surface area contributed by atoms with Crippen LogP contribution in [0.4, 0.5) is 13.2 Å². The summed E-state index contributed by atoms with van der Waals surface area (Å²) >= 11 is 6.08. The molecule has 0 spiro atoms. The molecule has 1 aliphatic rings. The van der Waals surface area contributed by atoms with E-state index >= 15 is 0 Å². The van der Waals surface area contributed by atoms with Crippen molar-refractivity contribution in [1.82, 2.24) is 29.9 Å². The largest absolute Gasteiger partial charge is 0.416 e. The van der Waals surface area contributed by atoms with Crippen molar-refractivity contribution in [2.45, 2.75) is 25.1 Å². The van der Waals surface area contributed by atoms with Crippen molar-refractivity contribution < 1.29 is 13.2 Å². The number of rotatable bonds is 2. The Bertz CT molecular complexity index is 1180. The van der Waals surface area contributed by atoms with Crippen LogP contribution in [0.25, 0.3) is 22.6 Å². The summed E-state index contributed by atoms with van der Waals surface area (Å²) < 4.78 is 40.5. The predicted octanol–water partition coefficient (Wildman–Crippen LogP) is 4.42. The van der Waals surface area contributed by atoms with Gasteiger partial charge in [-0.2, -0.15) is 18.3 Å². The number of pyridine rings is 1. The van der Waals surface area contributed by atoms with E-state index in [-0.39, 0.29) is 6.04 Å². The molecule has 1 atom stereocenters. The number of aromatic amines is 1. The van der Waals surface area contributed by atoms with Gasteiger partial charge in [-0.05, 0) is 36.2 Å². The number of nitrogens with zero attached hydrogens (tertiary/aromatic N) is 5. The Labute approximate surface area is 161 Å². The maximum atomic E-state index is 12.9. The second kappa shape index (κ2) is 6.03. The fraction of sp³-hybridized carbons (Fsp3) is 0.222. The normalized spacial score (nSPS) is 16.6. The molecule has 0 radical (unpaired) electrons. The third-order valence-electron chi connectivity index (χ3n) is 4.93. The van der Waals surface area contributed by atoms with Gasteiger partial charge in [-0.15, -0.1) is 10.2 Å². The summed E-state index contributed by atoms with van der Waals surface area (Å²) in [6.07, 6.45) is -2.93. The van der Waals surface area contributed by atoms with E-state index in [1.54, 1.807) is 12.1 Å². The van der Waals surface area contributed by atoms with Crippen molar-refractivity contribution in [3.63, 3.8) is 0 Å². The lowest BCUT2D eigenvalue weighted by molar-refractivity contribution is -0.137. The van der Waals surface area contributed by atoms with Gasteiger partial charge in [0.1, 0.15) is 22.6 Å². The number of alkyl halides is 3. The number of hydrogen-bond donors (Lipinski definition) is 1. The third-order valence-corrected chi connectivity index (χ3v) is 5.19. The van der Waals surface area contributed by atoms with Crippen LogP contribution in [0.2, 0.25) is 5.15 Å². The lowest BCUT2D eigenvalue weighted by atomic mass is 10.0. The minimum Gasteiger partial charge on any atom is -0.302 e. The molecule has 0 fully saturated rings. The number of halogens is 4. The average Bonchev–Trinajstić information content (AvgIpc) is 3.36. The molecular weight excluding hydrogens is 393 g/mol. The smallest absolute Gasteiger partial charge is 0.302 e. The second-order valence-electron chi connectivity index (χ2n) is 6.59. The first-order valence-corrected chi connectivity index (χ1v) is 8.91. The molecule has 3 aromatic heterocycles. The first-order valence-electron chi connectivity index (χ1n) is 8.54. The number of aryl methyl sites for hydroxylation is 1. The van der Waals surface area contributed by atoms with E-state index in [2.05, 4.69) is 25.4 Å². The van der Waals surface area contributed by atoms with Gasteiger partial charge in [0.2, 0.25) is 0 Å². The molecule has 6 nitrogen and oxygen atoms in total. The van der Waals surface area contributed by atoms with E-state index in [1.165, 1.54) is 12.1 Å². The quantitative estimate of drug-likeness (QED) is 0.536. The van der Waals surface area contributed by atoms with Gasteiger partial charge in [0.15, 0.2) is 11.0 Å². The highest BCUT2D eigenvalue weighted by molar-refractivity contribution is 6.33. The van der Waals surface area contributed by atoms with Crippen LogP contribution >= 0.6 is 11.6 Å². The topological polar surface area (TPSA) is 72.3 Å². The lowest BCUT2D eigenvalue weighted by Gasteiger charge is -2.16. The molecule has 0 aliphatic carbocycles. The van der Waals surface area contributed by atoms with Crippen molar-refractivity contribution in [3.8, 4) is 11.5 Å². The number of fused-ring (bicyclic) bond motifs is 2. The van der Waals surface area contributed by atoms with E-state index in [0.717, 1.165) is 29.9 Å². The fourth-order valence-corrected chi connectivity index (χ4v) is 3.77. The van der Waals surface area contributed by atoms with Crippen molar-refractivity contribution in [2.75, 3.05) is 0 Å². The molecular formula is C18H12ClF3N6. The Morgan fingerprint density at radius 1 is 1.07 bits per heavy atom. The van der Waals surface area contributed by atoms with Gasteiger partial charge in [-0.1, -0.05) is 23.7 Å². The number of hydrogen-bond acceptors (Lipinski definition) is 4. The maximum absolute atomic E-state index is 12.9. The zero-order valence-electron chi connectivity index (χ0n) is 14.2. The van der Waals surface area contributed by atoms with Gasteiger partial charge in [-0.25, -0.2) is 4.98 Å². The Morgan fingerprint density at radius 3 is 2.61 bits per heavy atom. The minimum absolute atomic E-state index is 0.153. The first kappa shape index (κ1) is 17.2. The van der Waals surface area contributed by atoms with Crippen molar-refractivity contribution in [2.24, 2.45) is 0 Å². The van der Waals surface area contributed by atoms with Crippen LogP contribution in [0.5, 0.6) is 0 Å². The highest BCUT2D eigenvalue weighted by Crippen LogP contribution is 2.37. The summed E-state index contributed by atoms with van der Waals surface area (Å²) in [5.41, 5.74) is 1.85. The average molecular weight is 405 g/mol. The zero-order chi connectivity index (χ0) is 19.5. The van der Waals surface area contributed by atoms with E-state index in [0.29, 0.717) is 34.1 Å². The molecule has 1 N–H and O–H groups in total. The summed E-state index contributed by atoms with van der Waals surface area (Å²) in [7, 11) is 0. The molecule has 28 heavy (non-hydrogen) atoms. The van der Waals surface area contributed by atoms with Gasteiger partial charge in [0, 0.05) is 6.42 Å². The van der Waals surface area contributed by atoms with Gasteiger partial charge >= 0.3 is 6.18 Å². The molecule has 142 valence electrons. The van der Waals surface area contributed by atoms with E-state index in [4.69, 9.17) is 11.6 Å². The first-order chi connectivity index (χ1) is 13.4. The van der Waals surface area contributed by atoms with Crippen LogP contribution in [0.1, 0.15) is 29.4 Å². The van der Waals surface area contributed by atoms with E-state index < -0.39 is 11.7 Å². The molecule has 0 saturated carbocycles. The molecule has 10 heteroatoms. The molecule has 1 aliphatic heterocycles. The SMILES string of the molecule is FC(F)(F)c1ccc(C2CCc3nnc(-c4ccc5n[nH]c(Cl)c5n4)n32)cc1. The summed E-state index contributed by atoms with van der Waals surface area (Å²) in [5.74, 6) is 1.33. The molecule has 1 unspecified atom stereocenters. The standard InChI is InChI=1S/C18H12ClF3N6/c19-16-15-11(24-26-16)5-6-12(23-15)17-27-25-14-8-7-13(28(14)17)9-1-3-10(4-2-9)18(20,21)22/h1-6,13H,7-8H2,(H,24,26). The Balaban J connectivity index is 1.57. The summed E-state index contributed by atoms with van der Waals surface area (Å²) in [6, 6.07) is 8.63. The monoisotopic (exact) mass is 404 g/mol. The number of benzene rings is 1. The highest BCUT2D eigenvalue weighted by Gasteiger charge is 2.32. The summed E-state index contributed by atoms with van der Waals surface area (Å²) in [4.78, 5) is 4.53. The van der Waals surface area contributed by atoms with Gasteiger partial charge in [0.25, 0.3) is 0 Å². The minimum atomic E-state index is -4.36. The molecule has 1 aromatic carbocycles. The van der Waals surface area contributed by atoms with Crippen LogP contribution in [0.3, 0.4) is 0 Å². The highest BCUT2D eigenvalue weighted by atomic mass is 35.5. The molecule has 0 saturated heterocycles. The van der Waals surface area contributed by atoms with E-state index in [1.807, 2.05) is 4.57 Å². The summed E-state index contributed by atoms with van der Waals surface area (Å²) in [5, 5.41) is 15.5. The second-order valence-corrected chi connectivity index (χ2v) is 6.96. The van der Waals surface area contributed by atoms with Gasteiger partial charge in [-0.3, -0.25) is 5.10 Å². The molecule has 5 rings (SSSR count). The van der Waals surface area contributed by atoms with E-state index in [9.17, 15) is 13.2 Å². The van der Waals surface area contributed by atoms with Crippen LogP contribution in [0, 0.1) is 0 Å².